The van der Waals surface area contributed by atoms with Crippen LogP contribution in [0.3, 0.4) is 0 Å². The highest BCUT2D eigenvalue weighted by Gasteiger charge is 2.06. The van der Waals surface area contributed by atoms with Gasteiger partial charge >= 0.3 is 0 Å². The Hall–Kier alpha value is -1.45. The molecule has 0 spiro atoms. The molecular formula is C12H14ClNO2. The van der Waals surface area contributed by atoms with Crippen LogP contribution in [-0.4, -0.2) is 16.8 Å². The van der Waals surface area contributed by atoms with Crippen LogP contribution >= 0.6 is 12.4 Å². The van der Waals surface area contributed by atoms with Crippen molar-refractivity contribution in [2.24, 2.45) is 5.73 Å². The lowest BCUT2D eigenvalue weighted by atomic mass is 10.0. The van der Waals surface area contributed by atoms with Gasteiger partial charge in [-0.15, -0.1) is 12.4 Å². The van der Waals surface area contributed by atoms with Crippen LogP contribution in [0.4, 0.5) is 0 Å². The van der Waals surface area contributed by atoms with E-state index < -0.39 is 0 Å². The van der Waals surface area contributed by atoms with Crippen molar-refractivity contribution in [2.45, 2.75) is 6.42 Å². The van der Waals surface area contributed by atoms with Crippen molar-refractivity contribution in [1.82, 2.24) is 0 Å². The zero-order valence-corrected chi connectivity index (χ0v) is 9.50. The van der Waals surface area contributed by atoms with E-state index in [-0.39, 0.29) is 23.9 Å². The van der Waals surface area contributed by atoms with Gasteiger partial charge in [-0.1, -0.05) is 18.2 Å². The van der Waals surface area contributed by atoms with E-state index in [2.05, 4.69) is 0 Å². The first-order valence-corrected chi connectivity index (χ1v) is 4.86. The first-order chi connectivity index (χ1) is 7.22. The van der Waals surface area contributed by atoms with Crippen molar-refractivity contribution in [2.75, 3.05) is 6.54 Å². The molecule has 2 aromatic carbocycles. The number of halogens is 1. The van der Waals surface area contributed by atoms with Crippen LogP contribution in [0.25, 0.3) is 10.8 Å². The fraction of sp³-hybridized carbons (Fsp3) is 0.167. The Morgan fingerprint density at radius 2 is 1.88 bits per heavy atom. The summed E-state index contributed by atoms with van der Waals surface area (Å²) in [4.78, 5) is 0. The third-order valence-electron chi connectivity index (χ3n) is 2.44. The molecule has 0 aliphatic heterocycles. The van der Waals surface area contributed by atoms with E-state index in [1.807, 2.05) is 18.2 Å². The van der Waals surface area contributed by atoms with Gasteiger partial charge in [0, 0.05) is 11.5 Å². The molecule has 0 saturated carbocycles. The Balaban J connectivity index is 0.00000128. The minimum atomic E-state index is 0. The van der Waals surface area contributed by atoms with Crippen molar-refractivity contribution in [1.29, 1.82) is 0 Å². The van der Waals surface area contributed by atoms with Gasteiger partial charge in [-0.25, -0.2) is 0 Å². The molecule has 0 fully saturated rings. The number of nitrogens with two attached hydrogens (primary N) is 1. The van der Waals surface area contributed by atoms with Crippen LogP contribution in [0.1, 0.15) is 5.56 Å². The zero-order chi connectivity index (χ0) is 10.8. The Morgan fingerprint density at radius 1 is 1.12 bits per heavy atom. The molecule has 0 saturated heterocycles. The van der Waals surface area contributed by atoms with Crippen LogP contribution in [0.15, 0.2) is 30.3 Å². The maximum atomic E-state index is 9.76. The predicted octanol–water partition coefficient (Wildman–Crippen LogP) is 2.17. The lowest BCUT2D eigenvalue weighted by Crippen LogP contribution is -2.03. The minimum absolute atomic E-state index is 0. The third-order valence-corrected chi connectivity index (χ3v) is 2.44. The smallest absolute Gasteiger partial charge is 0.127 e. The van der Waals surface area contributed by atoms with Gasteiger partial charge in [-0.2, -0.15) is 0 Å². The van der Waals surface area contributed by atoms with Gasteiger partial charge in [0.1, 0.15) is 11.5 Å². The van der Waals surface area contributed by atoms with E-state index in [0.717, 1.165) is 22.8 Å². The lowest BCUT2D eigenvalue weighted by molar-refractivity contribution is 0.455. The topological polar surface area (TPSA) is 66.5 Å². The van der Waals surface area contributed by atoms with E-state index in [4.69, 9.17) is 5.73 Å². The molecule has 0 unspecified atom stereocenters. The Morgan fingerprint density at radius 3 is 2.56 bits per heavy atom. The maximum Gasteiger partial charge on any atom is 0.127 e. The molecular weight excluding hydrogens is 226 g/mol. The molecule has 86 valence electrons. The molecule has 4 heteroatoms. The number of aromatic hydroxyl groups is 2. The van der Waals surface area contributed by atoms with Gasteiger partial charge < -0.3 is 15.9 Å². The second-order valence-corrected chi connectivity index (χ2v) is 3.52. The molecule has 0 radical (unpaired) electrons. The van der Waals surface area contributed by atoms with Crippen LogP contribution in [0.5, 0.6) is 11.5 Å². The van der Waals surface area contributed by atoms with Crippen LogP contribution in [0.2, 0.25) is 0 Å². The molecule has 0 aliphatic carbocycles. The molecule has 0 aliphatic rings. The molecule has 4 N–H and O–H groups in total. The zero-order valence-electron chi connectivity index (χ0n) is 8.68. The predicted molar refractivity (Wildman–Crippen MR) is 67.3 cm³/mol. The maximum absolute atomic E-state index is 9.76. The average Bonchev–Trinajstić information content (AvgIpc) is 2.17. The quantitative estimate of drug-likeness (QED) is 0.753. The lowest BCUT2D eigenvalue weighted by Gasteiger charge is -2.07. The van der Waals surface area contributed by atoms with Crippen molar-refractivity contribution in [3.63, 3.8) is 0 Å². The van der Waals surface area contributed by atoms with Gasteiger partial charge in [-0.3, -0.25) is 0 Å². The van der Waals surface area contributed by atoms with Crippen molar-refractivity contribution < 1.29 is 10.2 Å². The van der Waals surface area contributed by atoms with E-state index in [0.29, 0.717) is 6.54 Å². The van der Waals surface area contributed by atoms with Crippen molar-refractivity contribution in [3.05, 3.63) is 35.9 Å². The summed E-state index contributed by atoms with van der Waals surface area (Å²) in [5.74, 6) is 0.180. The van der Waals surface area contributed by atoms with Gasteiger partial charge in [0.25, 0.3) is 0 Å². The summed E-state index contributed by atoms with van der Waals surface area (Å²) >= 11 is 0. The molecule has 0 amide bonds. The number of phenols is 2. The summed E-state index contributed by atoms with van der Waals surface area (Å²) in [5, 5.41) is 20.7. The normalized spacial score (nSPS) is 10.1. The van der Waals surface area contributed by atoms with Gasteiger partial charge in [-0.05, 0) is 30.0 Å². The number of hydrogen-bond acceptors (Lipinski definition) is 3. The fourth-order valence-electron chi connectivity index (χ4n) is 1.83. The van der Waals surface area contributed by atoms with Gasteiger partial charge in [0.15, 0.2) is 0 Å². The summed E-state index contributed by atoms with van der Waals surface area (Å²) in [6, 6.07) is 8.67. The third kappa shape index (κ3) is 2.21. The molecule has 0 bridgehead atoms. The molecule has 2 rings (SSSR count). The summed E-state index contributed by atoms with van der Waals surface area (Å²) in [5.41, 5.74) is 6.51. The van der Waals surface area contributed by atoms with Crippen molar-refractivity contribution >= 4 is 23.2 Å². The highest BCUT2D eigenvalue weighted by atomic mass is 35.5. The van der Waals surface area contributed by atoms with Crippen LogP contribution < -0.4 is 5.73 Å². The minimum Gasteiger partial charge on any atom is -0.508 e. The Kier molecular flexibility index (Phi) is 3.99. The molecule has 0 atom stereocenters. The van der Waals surface area contributed by atoms with E-state index in [1.165, 1.54) is 6.07 Å². The summed E-state index contributed by atoms with van der Waals surface area (Å²) < 4.78 is 0. The number of fused-ring (bicyclic) bond motifs is 1. The molecule has 16 heavy (non-hydrogen) atoms. The number of benzene rings is 2. The SMILES string of the molecule is Cl.NCCc1cccc2cc(O)cc(O)c12. The standard InChI is InChI=1S/C12H13NO2.ClH/c13-5-4-8-2-1-3-9-6-10(14)7-11(15)12(8)9;/h1-3,6-7,14-15H,4-5,13H2;1H. The highest BCUT2D eigenvalue weighted by molar-refractivity contribution is 5.92. The van der Waals surface area contributed by atoms with Gasteiger partial charge in [0.05, 0.1) is 0 Å². The average molecular weight is 240 g/mol. The second kappa shape index (κ2) is 5.05. The number of phenolic OH excluding ortho intramolecular Hbond substituents is 2. The van der Waals surface area contributed by atoms with Gasteiger partial charge in [0.2, 0.25) is 0 Å². The first kappa shape index (κ1) is 12.6. The first-order valence-electron chi connectivity index (χ1n) is 4.86. The van der Waals surface area contributed by atoms with E-state index in [9.17, 15) is 10.2 Å². The van der Waals surface area contributed by atoms with Crippen LogP contribution in [0, 0.1) is 0 Å². The molecule has 2 aromatic rings. The van der Waals surface area contributed by atoms with Crippen molar-refractivity contribution in [3.8, 4) is 11.5 Å². The summed E-state index contributed by atoms with van der Waals surface area (Å²) in [6.45, 7) is 0.541. The Bertz CT molecular complexity index is 500. The van der Waals surface area contributed by atoms with E-state index >= 15 is 0 Å². The number of hydrogen-bond donors (Lipinski definition) is 3. The molecule has 0 aromatic heterocycles. The molecule has 0 heterocycles. The second-order valence-electron chi connectivity index (χ2n) is 3.52. The highest BCUT2D eigenvalue weighted by Crippen LogP contribution is 2.32. The largest absolute Gasteiger partial charge is 0.508 e. The monoisotopic (exact) mass is 239 g/mol. The molecule has 3 nitrogen and oxygen atoms in total. The summed E-state index contributed by atoms with van der Waals surface area (Å²) in [6.07, 6.45) is 0.718. The summed E-state index contributed by atoms with van der Waals surface area (Å²) in [7, 11) is 0. The number of rotatable bonds is 2. The fourth-order valence-corrected chi connectivity index (χ4v) is 1.83. The van der Waals surface area contributed by atoms with Crippen LogP contribution in [-0.2, 0) is 6.42 Å². The van der Waals surface area contributed by atoms with E-state index in [1.54, 1.807) is 6.07 Å². The Labute approximate surface area is 99.9 Å².